The van der Waals surface area contributed by atoms with Gasteiger partial charge in [0.2, 0.25) is 5.91 Å². The van der Waals surface area contributed by atoms with E-state index >= 15 is 0 Å². The maximum atomic E-state index is 11.2. The molecule has 3 aromatic rings. The molecule has 25 heavy (non-hydrogen) atoms. The van der Waals surface area contributed by atoms with Crippen LogP contribution in [0.3, 0.4) is 0 Å². The number of ether oxygens (including phenoxy) is 1. The minimum atomic E-state index is -1.03. The first-order chi connectivity index (χ1) is 12.0. The van der Waals surface area contributed by atoms with Crippen LogP contribution in [0.2, 0.25) is 0 Å². The highest BCUT2D eigenvalue weighted by atomic mass is 32.1. The van der Waals surface area contributed by atoms with Crippen LogP contribution in [-0.2, 0) is 9.53 Å². The van der Waals surface area contributed by atoms with Crippen LogP contribution in [0.4, 0.5) is 5.13 Å². The van der Waals surface area contributed by atoms with Gasteiger partial charge >= 0.3 is 0 Å². The first-order valence-corrected chi connectivity index (χ1v) is 8.62. The Morgan fingerprint density at radius 2 is 2.16 bits per heavy atom. The number of carbonyl (C=O) groups is 1. The van der Waals surface area contributed by atoms with Crippen molar-refractivity contribution in [3.8, 4) is 11.3 Å². The molecule has 0 fully saturated rings. The molecule has 0 aliphatic heterocycles. The van der Waals surface area contributed by atoms with E-state index in [2.05, 4.69) is 20.5 Å². The molecule has 1 unspecified atom stereocenters. The lowest BCUT2D eigenvalue weighted by atomic mass is 10.1. The number of anilines is 1. The van der Waals surface area contributed by atoms with Gasteiger partial charge in [-0.25, -0.2) is 4.98 Å². The summed E-state index contributed by atoms with van der Waals surface area (Å²) in [7, 11) is 0. The summed E-state index contributed by atoms with van der Waals surface area (Å²) in [6.45, 7) is 5.44. The highest BCUT2D eigenvalue weighted by molar-refractivity contribution is 7.22. The third kappa shape index (κ3) is 3.81. The number of nitrogens with one attached hydrogen (secondary N) is 1. The number of nitrogens with zero attached hydrogens (tertiary/aromatic N) is 3. The Morgan fingerprint density at radius 3 is 2.88 bits per heavy atom. The molecule has 2 aromatic heterocycles. The number of aryl methyl sites for hydroxylation is 1. The van der Waals surface area contributed by atoms with Crippen molar-refractivity contribution in [1.29, 1.82) is 0 Å². The molecular weight excluding hydrogens is 340 g/mol. The van der Waals surface area contributed by atoms with Crippen LogP contribution >= 0.6 is 11.3 Å². The Hall–Kier alpha value is -2.42. The largest absolute Gasteiger partial charge is 0.364 e. The second-order valence-electron chi connectivity index (χ2n) is 5.46. The van der Waals surface area contributed by atoms with Crippen LogP contribution in [-0.4, -0.2) is 32.8 Å². The molecule has 0 saturated carbocycles. The molecule has 1 amide bonds. The lowest BCUT2D eigenvalue weighted by Gasteiger charge is -2.13. The molecular formula is C17H18N4O3S. The lowest BCUT2D eigenvalue weighted by molar-refractivity contribution is -0.114. The van der Waals surface area contributed by atoms with E-state index in [1.165, 1.54) is 18.3 Å². The van der Waals surface area contributed by atoms with E-state index in [-0.39, 0.29) is 5.91 Å². The fourth-order valence-electron chi connectivity index (χ4n) is 2.39. The van der Waals surface area contributed by atoms with Crippen LogP contribution in [0.25, 0.3) is 21.5 Å². The van der Waals surface area contributed by atoms with Gasteiger partial charge in [0.25, 0.3) is 0 Å². The van der Waals surface area contributed by atoms with Gasteiger partial charge in [-0.1, -0.05) is 17.4 Å². The zero-order chi connectivity index (χ0) is 18.0. The van der Waals surface area contributed by atoms with E-state index in [4.69, 9.17) is 4.74 Å². The average molecular weight is 358 g/mol. The zero-order valence-electron chi connectivity index (χ0n) is 14.1. The first kappa shape index (κ1) is 17.4. The third-order valence-electron chi connectivity index (χ3n) is 3.58. The van der Waals surface area contributed by atoms with E-state index < -0.39 is 6.29 Å². The van der Waals surface area contributed by atoms with Gasteiger partial charge in [-0.15, -0.1) is 0 Å². The Labute approximate surface area is 148 Å². The fourth-order valence-corrected chi connectivity index (χ4v) is 3.35. The molecule has 2 heterocycles. The number of amides is 1. The topological polar surface area (TPSA) is 97.2 Å². The number of aliphatic hydroxyl groups excluding tert-OH is 1. The molecule has 0 radical (unpaired) electrons. The van der Waals surface area contributed by atoms with Crippen molar-refractivity contribution in [3.05, 3.63) is 35.5 Å². The second-order valence-corrected chi connectivity index (χ2v) is 6.49. The van der Waals surface area contributed by atoms with Gasteiger partial charge in [0.15, 0.2) is 11.4 Å². The summed E-state index contributed by atoms with van der Waals surface area (Å²) in [6, 6.07) is 7.47. The van der Waals surface area contributed by atoms with Crippen molar-refractivity contribution in [2.24, 2.45) is 0 Å². The van der Waals surface area contributed by atoms with E-state index in [0.717, 1.165) is 15.8 Å². The Morgan fingerprint density at radius 1 is 1.36 bits per heavy atom. The lowest BCUT2D eigenvalue weighted by Crippen LogP contribution is -2.07. The van der Waals surface area contributed by atoms with Crippen molar-refractivity contribution in [1.82, 2.24) is 15.2 Å². The highest BCUT2D eigenvalue weighted by Gasteiger charge is 2.15. The van der Waals surface area contributed by atoms with E-state index in [9.17, 15) is 9.90 Å². The van der Waals surface area contributed by atoms with Crippen molar-refractivity contribution >= 4 is 32.6 Å². The average Bonchev–Trinajstić information content (AvgIpc) is 2.95. The summed E-state index contributed by atoms with van der Waals surface area (Å²) in [5.74, 6) is -0.154. The van der Waals surface area contributed by atoms with Crippen molar-refractivity contribution in [2.45, 2.75) is 27.1 Å². The molecule has 0 bridgehead atoms. The summed E-state index contributed by atoms with van der Waals surface area (Å²) in [4.78, 5) is 15.5. The highest BCUT2D eigenvalue weighted by Crippen LogP contribution is 2.31. The van der Waals surface area contributed by atoms with Crippen molar-refractivity contribution in [2.75, 3.05) is 11.9 Å². The van der Waals surface area contributed by atoms with Gasteiger partial charge < -0.3 is 15.2 Å². The van der Waals surface area contributed by atoms with Crippen LogP contribution in [0, 0.1) is 6.92 Å². The quantitative estimate of drug-likeness (QED) is 0.681. The van der Waals surface area contributed by atoms with Gasteiger partial charge in [0.1, 0.15) is 0 Å². The number of thiazole rings is 1. The van der Waals surface area contributed by atoms with Gasteiger partial charge in [0.05, 0.1) is 21.6 Å². The molecule has 2 N–H and O–H groups in total. The van der Waals surface area contributed by atoms with Crippen LogP contribution in [0.15, 0.2) is 24.3 Å². The maximum absolute atomic E-state index is 11.2. The van der Waals surface area contributed by atoms with Crippen LogP contribution in [0.1, 0.15) is 31.4 Å². The Balaban J connectivity index is 1.98. The summed E-state index contributed by atoms with van der Waals surface area (Å²) in [6.07, 6.45) is -1.03. The summed E-state index contributed by atoms with van der Waals surface area (Å²) in [5, 5.41) is 21.7. The number of benzene rings is 1. The number of hydrogen-bond donors (Lipinski definition) is 2. The Bertz CT molecular complexity index is 925. The SMILES string of the molecule is CCOC(O)c1cc(-c2ccc3nc(NC(C)=O)sc3c2)nnc1C. The molecule has 7 nitrogen and oxygen atoms in total. The maximum Gasteiger partial charge on any atom is 0.223 e. The molecule has 0 aliphatic rings. The van der Waals surface area contributed by atoms with Gasteiger partial charge in [-0.2, -0.15) is 10.2 Å². The monoisotopic (exact) mass is 358 g/mol. The number of hydrogen-bond acceptors (Lipinski definition) is 7. The number of aliphatic hydroxyl groups is 1. The number of rotatable bonds is 5. The smallest absolute Gasteiger partial charge is 0.223 e. The summed E-state index contributed by atoms with van der Waals surface area (Å²) in [5.41, 5.74) is 3.50. The molecule has 0 aliphatic carbocycles. The number of aromatic nitrogens is 3. The molecule has 8 heteroatoms. The second kappa shape index (κ2) is 7.22. The Kier molecular flexibility index (Phi) is 5.03. The van der Waals surface area contributed by atoms with E-state index in [0.29, 0.717) is 28.7 Å². The molecule has 130 valence electrons. The standard InChI is InChI=1S/C17H18N4O3S/c1-4-24-16(23)12-8-14(21-20-9(12)2)11-5-6-13-15(7-11)25-17(19-13)18-10(3)22/h5-8,16,23H,4H2,1-3H3,(H,18,19,22). The fraction of sp³-hybridized carbons (Fsp3) is 0.294. The summed E-state index contributed by atoms with van der Waals surface area (Å²) < 4.78 is 6.18. The van der Waals surface area contributed by atoms with E-state index in [1.54, 1.807) is 13.0 Å². The van der Waals surface area contributed by atoms with Crippen LogP contribution in [0.5, 0.6) is 0 Å². The van der Waals surface area contributed by atoms with E-state index in [1.807, 2.05) is 25.1 Å². The zero-order valence-corrected chi connectivity index (χ0v) is 14.9. The van der Waals surface area contributed by atoms with Crippen molar-refractivity contribution in [3.63, 3.8) is 0 Å². The normalized spacial score (nSPS) is 12.3. The first-order valence-electron chi connectivity index (χ1n) is 7.80. The molecule has 1 aromatic carbocycles. The third-order valence-corrected chi connectivity index (χ3v) is 4.51. The minimum absolute atomic E-state index is 0.154. The number of fused-ring (bicyclic) bond motifs is 1. The van der Waals surface area contributed by atoms with Crippen LogP contribution < -0.4 is 5.32 Å². The summed E-state index contributed by atoms with van der Waals surface area (Å²) >= 11 is 1.39. The molecule has 0 saturated heterocycles. The predicted octanol–water partition coefficient (Wildman–Crippen LogP) is 3.05. The number of carbonyl (C=O) groups excluding carboxylic acids is 1. The van der Waals surface area contributed by atoms with Gasteiger partial charge in [0, 0.05) is 24.7 Å². The predicted molar refractivity (Wildman–Crippen MR) is 96.3 cm³/mol. The minimum Gasteiger partial charge on any atom is -0.364 e. The van der Waals surface area contributed by atoms with Gasteiger partial charge in [-0.3, -0.25) is 4.79 Å². The van der Waals surface area contributed by atoms with Gasteiger partial charge in [-0.05, 0) is 32.0 Å². The molecule has 1 atom stereocenters. The molecule has 0 spiro atoms. The van der Waals surface area contributed by atoms with Crippen molar-refractivity contribution < 1.29 is 14.6 Å². The molecule has 3 rings (SSSR count).